The first-order chi connectivity index (χ1) is 15.9. The summed E-state index contributed by atoms with van der Waals surface area (Å²) in [7, 11) is -3.65. The van der Waals surface area contributed by atoms with Gasteiger partial charge in [-0.25, -0.2) is 8.42 Å². The Kier molecular flexibility index (Phi) is 7.90. The van der Waals surface area contributed by atoms with Crippen molar-refractivity contribution in [3.05, 3.63) is 53.1 Å². The van der Waals surface area contributed by atoms with Crippen molar-refractivity contribution in [2.24, 2.45) is 0 Å². The van der Waals surface area contributed by atoms with Gasteiger partial charge in [0.15, 0.2) is 0 Å². The van der Waals surface area contributed by atoms with E-state index in [1.807, 2.05) is 0 Å². The van der Waals surface area contributed by atoms with Gasteiger partial charge >= 0.3 is 0 Å². The Morgan fingerprint density at radius 3 is 2.45 bits per heavy atom. The molecule has 4 rings (SSSR count). The van der Waals surface area contributed by atoms with Crippen LogP contribution in [0.25, 0.3) is 0 Å². The lowest BCUT2D eigenvalue weighted by Gasteiger charge is -2.20. The molecule has 0 saturated carbocycles. The average Bonchev–Trinajstić information content (AvgIpc) is 3.18. The predicted molar refractivity (Wildman–Crippen MR) is 128 cm³/mol. The Morgan fingerprint density at radius 1 is 1.06 bits per heavy atom. The maximum atomic E-state index is 13.1. The summed E-state index contributed by atoms with van der Waals surface area (Å²) in [5.41, 5.74) is 0.674. The number of nitrogens with zero attached hydrogens (tertiary/aromatic N) is 1. The number of ether oxygens (including phenoxy) is 2. The van der Waals surface area contributed by atoms with Gasteiger partial charge in [0.25, 0.3) is 5.91 Å². The Bertz CT molecular complexity index is 1060. The van der Waals surface area contributed by atoms with Gasteiger partial charge in [0.05, 0.1) is 21.7 Å². The summed E-state index contributed by atoms with van der Waals surface area (Å²) in [6, 6.07) is 11.2. The highest BCUT2D eigenvalue weighted by molar-refractivity contribution is 7.89. The molecule has 1 atom stereocenters. The molecule has 0 aliphatic carbocycles. The number of carbonyl (C=O) groups is 1. The molecule has 2 fully saturated rings. The van der Waals surface area contributed by atoms with Crippen molar-refractivity contribution in [1.82, 2.24) is 4.31 Å². The van der Waals surface area contributed by atoms with Gasteiger partial charge in [0.1, 0.15) is 12.4 Å². The highest BCUT2D eigenvalue weighted by Crippen LogP contribution is 2.29. The number of halogens is 1. The molecule has 178 valence electrons. The van der Waals surface area contributed by atoms with Crippen molar-refractivity contribution in [3.63, 3.8) is 0 Å². The highest BCUT2D eigenvalue weighted by Gasteiger charge is 2.26. The molecule has 0 aromatic heterocycles. The minimum Gasteiger partial charge on any atom is -0.491 e. The molecule has 0 bridgehead atoms. The van der Waals surface area contributed by atoms with E-state index in [9.17, 15) is 13.2 Å². The molecule has 2 aromatic carbocycles. The zero-order valence-electron chi connectivity index (χ0n) is 18.5. The molecule has 2 aromatic rings. The van der Waals surface area contributed by atoms with E-state index in [1.165, 1.54) is 22.5 Å². The summed E-state index contributed by atoms with van der Waals surface area (Å²) < 4.78 is 39.0. The van der Waals surface area contributed by atoms with E-state index in [2.05, 4.69) is 5.32 Å². The fraction of sp³-hybridized carbons (Fsp3) is 0.458. The Hall–Kier alpha value is -2.13. The van der Waals surface area contributed by atoms with Crippen LogP contribution in [0.2, 0.25) is 5.02 Å². The van der Waals surface area contributed by atoms with E-state index in [0.717, 1.165) is 45.1 Å². The molecule has 9 heteroatoms. The number of hydrogen-bond acceptors (Lipinski definition) is 5. The van der Waals surface area contributed by atoms with Crippen LogP contribution in [-0.2, 0) is 14.8 Å². The van der Waals surface area contributed by atoms with Gasteiger partial charge in [0, 0.05) is 25.3 Å². The lowest BCUT2D eigenvalue weighted by molar-refractivity contribution is 0.0679. The number of hydrogen-bond donors (Lipinski definition) is 1. The second-order valence-electron chi connectivity index (χ2n) is 8.38. The number of amides is 1. The molecule has 0 radical (unpaired) electrons. The average molecular weight is 493 g/mol. The van der Waals surface area contributed by atoms with Gasteiger partial charge in [-0.05, 0) is 68.1 Å². The Morgan fingerprint density at radius 2 is 1.79 bits per heavy atom. The third-order valence-corrected chi connectivity index (χ3v) is 8.19. The van der Waals surface area contributed by atoms with Gasteiger partial charge in [-0.2, -0.15) is 4.31 Å². The van der Waals surface area contributed by atoms with E-state index in [-0.39, 0.29) is 27.6 Å². The summed E-state index contributed by atoms with van der Waals surface area (Å²) >= 11 is 6.26. The Balaban J connectivity index is 1.43. The van der Waals surface area contributed by atoms with Crippen LogP contribution >= 0.6 is 11.6 Å². The highest BCUT2D eigenvalue weighted by atomic mass is 35.5. The van der Waals surface area contributed by atoms with Gasteiger partial charge in [-0.1, -0.05) is 24.4 Å². The number of anilines is 1. The molecule has 2 aliphatic heterocycles. The SMILES string of the molecule is O=C(Nc1cc(S(=O)(=O)N2CCCCCC2)ccc1Cl)c1ccc(OC[C@H]2CCCO2)cc1. The minimum absolute atomic E-state index is 0.119. The van der Waals surface area contributed by atoms with Crippen molar-refractivity contribution < 1.29 is 22.7 Å². The van der Waals surface area contributed by atoms with Crippen molar-refractivity contribution in [1.29, 1.82) is 0 Å². The second-order valence-corrected chi connectivity index (χ2v) is 10.7. The molecule has 7 nitrogen and oxygen atoms in total. The topological polar surface area (TPSA) is 84.9 Å². The van der Waals surface area contributed by atoms with E-state index in [1.54, 1.807) is 24.3 Å². The number of rotatable bonds is 7. The molecule has 33 heavy (non-hydrogen) atoms. The first-order valence-electron chi connectivity index (χ1n) is 11.4. The van der Waals surface area contributed by atoms with Crippen LogP contribution in [0.1, 0.15) is 48.9 Å². The van der Waals surface area contributed by atoms with Crippen LogP contribution in [0.15, 0.2) is 47.4 Å². The predicted octanol–water partition coefficient (Wildman–Crippen LogP) is 4.71. The van der Waals surface area contributed by atoms with Crippen LogP contribution in [-0.4, -0.2) is 51.0 Å². The number of carbonyl (C=O) groups excluding carboxylic acids is 1. The maximum Gasteiger partial charge on any atom is 0.255 e. The largest absolute Gasteiger partial charge is 0.491 e. The quantitative estimate of drug-likeness (QED) is 0.604. The first-order valence-corrected chi connectivity index (χ1v) is 13.2. The normalized spacial score (nSPS) is 19.7. The molecule has 1 N–H and O–H groups in total. The molecular weight excluding hydrogens is 464 g/mol. The maximum absolute atomic E-state index is 13.1. The summed E-state index contributed by atoms with van der Waals surface area (Å²) in [6.07, 6.45) is 5.93. The molecule has 0 spiro atoms. The minimum atomic E-state index is -3.65. The monoisotopic (exact) mass is 492 g/mol. The molecule has 1 amide bonds. The smallest absolute Gasteiger partial charge is 0.255 e. The van der Waals surface area contributed by atoms with Crippen LogP contribution in [0.4, 0.5) is 5.69 Å². The molecular formula is C24H29ClN2O5S. The fourth-order valence-corrected chi connectivity index (χ4v) is 5.76. The number of benzene rings is 2. The van der Waals surface area contributed by atoms with E-state index < -0.39 is 10.0 Å². The molecule has 2 saturated heterocycles. The van der Waals surface area contributed by atoms with E-state index >= 15 is 0 Å². The van der Waals surface area contributed by atoms with E-state index in [4.69, 9.17) is 21.1 Å². The van der Waals surface area contributed by atoms with Crippen molar-refractivity contribution in [2.75, 3.05) is 31.6 Å². The number of nitrogens with one attached hydrogen (secondary N) is 1. The van der Waals surface area contributed by atoms with Gasteiger partial charge in [-0.15, -0.1) is 0 Å². The Labute approximate surface area is 200 Å². The third-order valence-electron chi connectivity index (χ3n) is 5.97. The van der Waals surface area contributed by atoms with Gasteiger partial charge in [-0.3, -0.25) is 4.79 Å². The summed E-state index contributed by atoms with van der Waals surface area (Å²) in [5, 5.41) is 3.01. The summed E-state index contributed by atoms with van der Waals surface area (Å²) in [6.45, 7) is 2.28. The molecule has 0 unspecified atom stereocenters. The van der Waals surface area contributed by atoms with Crippen molar-refractivity contribution in [3.8, 4) is 5.75 Å². The van der Waals surface area contributed by atoms with Crippen LogP contribution in [0.5, 0.6) is 5.75 Å². The van der Waals surface area contributed by atoms with Crippen LogP contribution in [0, 0.1) is 0 Å². The molecule has 2 aliphatic rings. The van der Waals surface area contributed by atoms with Crippen molar-refractivity contribution in [2.45, 2.75) is 49.5 Å². The lowest BCUT2D eigenvalue weighted by atomic mass is 10.2. The van der Waals surface area contributed by atoms with Crippen LogP contribution in [0.3, 0.4) is 0 Å². The standard InChI is InChI=1S/C24H29ClN2O5S/c25-22-12-11-21(33(29,30)27-13-3-1-2-4-14-27)16-23(22)26-24(28)18-7-9-19(10-8-18)32-17-20-6-5-15-31-20/h7-12,16,20H,1-6,13-15,17H2,(H,26,28)/t20-/m1/s1. The van der Waals surface area contributed by atoms with Gasteiger partial charge < -0.3 is 14.8 Å². The van der Waals surface area contributed by atoms with Gasteiger partial charge in [0.2, 0.25) is 10.0 Å². The zero-order chi connectivity index (χ0) is 23.3. The third kappa shape index (κ3) is 6.06. The fourth-order valence-electron chi connectivity index (χ4n) is 4.05. The number of sulfonamides is 1. The van der Waals surface area contributed by atoms with E-state index in [0.29, 0.717) is 31.0 Å². The van der Waals surface area contributed by atoms with Crippen LogP contribution < -0.4 is 10.1 Å². The first kappa shape index (κ1) is 24.0. The summed E-state index contributed by atoms with van der Waals surface area (Å²) in [4.78, 5) is 12.9. The molecule has 2 heterocycles. The second kappa shape index (κ2) is 10.9. The summed E-state index contributed by atoms with van der Waals surface area (Å²) in [5.74, 6) is 0.275. The van der Waals surface area contributed by atoms with Crippen molar-refractivity contribution >= 4 is 33.2 Å². The lowest BCUT2D eigenvalue weighted by Crippen LogP contribution is -2.32. The zero-order valence-corrected chi connectivity index (χ0v) is 20.0.